The number of hydrogen-bond donors (Lipinski definition) is 2. The number of fused-ring (bicyclic) bond motifs is 1. The number of rotatable bonds is 3. The summed E-state index contributed by atoms with van der Waals surface area (Å²) >= 11 is 0. The Kier molecular flexibility index (Phi) is 3.09. The Balaban J connectivity index is 2.02. The van der Waals surface area contributed by atoms with Crippen LogP contribution in [0.1, 0.15) is 18.4 Å². The molecule has 1 aromatic carbocycles. The van der Waals surface area contributed by atoms with Crippen LogP contribution in [0.2, 0.25) is 0 Å². The molecular weight excluding hydrogens is 272 g/mol. The normalized spacial score (nSPS) is 11.1. The van der Waals surface area contributed by atoms with Gasteiger partial charge in [0.2, 0.25) is 5.89 Å². The van der Waals surface area contributed by atoms with Crippen LogP contribution in [0, 0.1) is 0 Å². The highest BCUT2D eigenvalue weighted by Crippen LogP contribution is 2.18. The second-order valence-corrected chi connectivity index (χ2v) is 4.73. The monoisotopic (exact) mass is 286 g/mol. The molecule has 2 heterocycles. The number of H-pyrrole nitrogens is 1. The van der Waals surface area contributed by atoms with Crippen LogP contribution in [-0.4, -0.2) is 14.5 Å². The highest BCUT2D eigenvalue weighted by molar-refractivity contribution is 5.76. The van der Waals surface area contributed by atoms with Crippen LogP contribution in [0.15, 0.2) is 38.4 Å². The first-order chi connectivity index (χ1) is 10.1. The number of aromatic nitrogens is 3. The molecule has 0 aliphatic rings. The van der Waals surface area contributed by atoms with Gasteiger partial charge in [-0.15, -0.1) is 0 Å². The van der Waals surface area contributed by atoms with E-state index in [4.69, 9.17) is 10.2 Å². The average molecular weight is 286 g/mol. The number of aromatic amines is 1. The van der Waals surface area contributed by atoms with Crippen molar-refractivity contribution in [1.29, 1.82) is 0 Å². The fourth-order valence-corrected chi connectivity index (χ4v) is 2.13. The summed E-state index contributed by atoms with van der Waals surface area (Å²) in [5.41, 5.74) is 7.20. The van der Waals surface area contributed by atoms with Crippen LogP contribution in [0.4, 0.5) is 5.69 Å². The number of hydrogen-bond acceptors (Lipinski definition) is 5. The van der Waals surface area contributed by atoms with Gasteiger partial charge in [0, 0.05) is 23.5 Å². The molecule has 0 saturated carbocycles. The maximum absolute atomic E-state index is 11.8. The number of nitrogens with zero attached hydrogens (tertiary/aromatic N) is 2. The minimum Gasteiger partial charge on any atom is -0.439 e. The van der Waals surface area contributed by atoms with Gasteiger partial charge in [0.25, 0.3) is 5.56 Å². The Hall–Kier alpha value is -2.83. The zero-order valence-electron chi connectivity index (χ0n) is 11.4. The molecule has 3 aromatic rings. The number of nitrogens with two attached hydrogens (primary N) is 1. The van der Waals surface area contributed by atoms with Gasteiger partial charge in [-0.25, -0.2) is 9.78 Å². The fraction of sp³-hybridized carbons (Fsp3) is 0.214. The van der Waals surface area contributed by atoms with E-state index in [-0.39, 0.29) is 12.1 Å². The summed E-state index contributed by atoms with van der Waals surface area (Å²) in [6.07, 6.45) is 2.07. The van der Waals surface area contributed by atoms with Gasteiger partial charge in [0.05, 0.1) is 0 Å². The molecule has 0 spiro atoms. The Morgan fingerprint density at radius 1 is 1.38 bits per heavy atom. The number of aryl methyl sites for hydroxylation is 1. The minimum atomic E-state index is -0.487. The summed E-state index contributed by atoms with van der Waals surface area (Å²) < 4.78 is 6.94. The number of oxazole rings is 1. The third-order valence-corrected chi connectivity index (χ3v) is 3.23. The molecule has 108 valence electrons. The molecule has 21 heavy (non-hydrogen) atoms. The summed E-state index contributed by atoms with van der Waals surface area (Å²) in [5.74, 6) is 0.381. The smallest absolute Gasteiger partial charge is 0.328 e. The molecule has 0 aliphatic heterocycles. The van der Waals surface area contributed by atoms with Crippen molar-refractivity contribution in [3.8, 4) is 0 Å². The molecule has 0 atom stereocenters. The SMILES string of the molecule is CCc1cn(Cc2nc3ccc(N)cc3o2)c(=O)[nH]c1=O. The zero-order chi connectivity index (χ0) is 15.0. The van der Waals surface area contributed by atoms with E-state index in [2.05, 4.69) is 9.97 Å². The molecule has 3 N–H and O–H groups in total. The van der Waals surface area contributed by atoms with Crippen molar-refractivity contribution in [3.05, 3.63) is 56.7 Å². The van der Waals surface area contributed by atoms with Crippen LogP contribution in [0.25, 0.3) is 11.1 Å². The fourth-order valence-electron chi connectivity index (χ4n) is 2.13. The predicted molar refractivity (Wildman–Crippen MR) is 78.2 cm³/mol. The van der Waals surface area contributed by atoms with E-state index in [9.17, 15) is 9.59 Å². The van der Waals surface area contributed by atoms with E-state index in [0.29, 0.717) is 34.7 Å². The molecule has 7 heteroatoms. The molecule has 0 aliphatic carbocycles. The zero-order valence-corrected chi connectivity index (χ0v) is 11.4. The number of anilines is 1. The lowest BCUT2D eigenvalue weighted by molar-refractivity contribution is 0.499. The van der Waals surface area contributed by atoms with Gasteiger partial charge in [-0.05, 0) is 18.6 Å². The van der Waals surface area contributed by atoms with E-state index in [0.717, 1.165) is 0 Å². The van der Waals surface area contributed by atoms with E-state index < -0.39 is 5.69 Å². The van der Waals surface area contributed by atoms with Gasteiger partial charge in [-0.3, -0.25) is 14.3 Å². The minimum absolute atomic E-state index is 0.150. The van der Waals surface area contributed by atoms with Gasteiger partial charge >= 0.3 is 5.69 Å². The lowest BCUT2D eigenvalue weighted by Crippen LogP contribution is -2.31. The van der Waals surface area contributed by atoms with Crippen LogP contribution in [-0.2, 0) is 13.0 Å². The van der Waals surface area contributed by atoms with Crippen LogP contribution >= 0.6 is 0 Å². The highest BCUT2D eigenvalue weighted by Gasteiger charge is 2.09. The van der Waals surface area contributed by atoms with Gasteiger partial charge in [-0.2, -0.15) is 0 Å². The van der Waals surface area contributed by atoms with Gasteiger partial charge < -0.3 is 10.2 Å². The first-order valence-electron chi connectivity index (χ1n) is 6.54. The van der Waals surface area contributed by atoms with E-state index >= 15 is 0 Å². The molecule has 7 nitrogen and oxygen atoms in total. The Bertz CT molecular complexity index is 920. The number of nitrogen functional groups attached to an aromatic ring is 1. The van der Waals surface area contributed by atoms with E-state index in [1.807, 2.05) is 6.92 Å². The topological polar surface area (TPSA) is 107 Å². The van der Waals surface area contributed by atoms with Crippen LogP contribution in [0.3, 0.4) is 0 Å². The molecule has 0 fully saturated rings. The van der Waals surface area contributed by atoms with Gasteiger partial charge in [-0.1, -0.05) is 6.92 Å². The quantitative estimate of drug-likeness (QED) is 0.695. The Labute approximate surface area is 119 Å². The van der Waals surface area contributed by atoms with Crippen molar-refractivity contribution in [2.24, 2.45) is 0 Å². The molecule has 0 bridgehead atoms. The molecule has 0 amide bonds. The van der Waals surface area contributed by atoms with Crippen molar-refractivity contribution >= 4 is 16.8 Å². The second kappa shape index (κ2) is 4.93. The predicted octanol–water partition coefficient (Wildman–Crippen LogP) is 0.871. The second-order valence-electron chi connectivity index (χ2n) is 4.73. The van der Waals surface area contributed by atoms with E-state index in [1.165, 1.54) is 10.8 Å². The van der Waals surface area contributed by atoms with Crippen molar-refractivity contribution in [3.63, 3.8) is 0 Å². The van der Waals surface area contributed by atoms with Crippen LogP contribution < -0.4 is 17.0 Å². The maximum Gasteiger partial charge on any atom is 0.328 e. The molecule has 2 aromatic heterocycles. The molecule has 3 rings (SSSR count). The van der Waals surface area contributed by atoms with Gasteiger partial charge in [0.15, 0.2) is 5.58 Å². The molecule has 0 unspecified atom stereocenters. The summed E-state index contributed by atoms with van der Waals surface area (Å²) in [6, 6.07) is 5.17. The third-order valence-electron chi connectivity index (χ3n) is 3.23. The standard InChI is InChI=1S/C14H14N4O3/c1-2-8-6-18(14(20)17-13(8)19)7-12-16-10-4-3-9(15)5-11(10)21-12/h3-6H,2,7,15H2,1H3,(H,17,19,20). The first kappa shape index (κ1) is 13.2. The summed E-state index contributed by atoms with van der Waals surface area (Å²) in [7, 11) is 0. The molecule has 0 saturated heterocycles. The van der Waals surface area contributed by atoms with Crippen molar-refractivity contribution in [2.45, 2.75) is 19.9 Å². The largest absolute Gasteiger partial charge is 0.439 e. The van der Waals surface area contributed by atoms with Crippen LogP contribution in [0.5, 0.6) is 0 Å². The maximum atomic E-state index is 11.8. The summed E-state index contributed by atoms with van der Waals surface area (Å²) in [6.45, 7) is 2.00. The van der Waals surface area contributed by atoms with E-state index in [1.54, 1.807) is 18.2 Å². The summed E-state index contributed by atoms with van der Waals surface area (Å²) in [5, 5.41) is 0. The molecule has 0 radical (unpaired) electrons. The number of nitrogens with one attached hydrogen (secondary N) is 1. The van der Waals surface area contributed by atoms with Crippen molar-refractivity contribution in [2.75, 3.05) is 5.73 Å². The lowest BCUT2D eigenvalue weighted by Gasteiger charge is -2.03. The Morgan fingerprint density at radius 3 is 2.95 bits per heavy atom. The van der Waals surface area contributed by atoms with Crippen molar-refractivity contribution < 1.29 is 4.42 Å². The lowest BCUT2D eigenvalue weighted by atomic mass is 10.3. The third kappa shape index (κ3) is 2.45. The number of benzene rings is 1. The van der Waals surface area contributed by atoms with Crippen molar-refractivity contribution in [1.82, 2.24) is 14.5 Å². The summed E-state index contributed by atoms with van der Waals surface area (Å²) in [4.78, 5) is 29.9. The average Bonchev–Trinajstić information content (AvgIpc) is 2.83. The first-order valence-corrected chi connectivity index (χ1v) is 6.54. The Morgan fingerprint density at radius 2 is 2.19 bits per heavy atom. The van der Waals surface area contributed by atoms with Gasteiger partial charge in [0.1, 0.15) is 12.1 Å². The molecular formula is C14H14N4O3. The highest BCUT2D eigenvalue weighted by atomic mass is 16.3.